The summed E-state index contributed by atoms with van der Waals surface area (Å²) in [7, 11) is 0. The lowest BCUT2D eigenvalue weighted by Gasteiger charge is -2.12. The van der Waals surface area contributed by atoms with Gasteiger partial charge in [-0.3, -0.25) is 4.79 Å². The smallest absolute Gasteiger partial charge is 0.234 e. The highest BCUT2D eigenvalue weighted by molar-refractivity contribution is 7.99. The average Bonchev–Trinajstić information content (AvgIpc) is 3.23. The first-order chi connectivity index (χ1) is 15.6. The number of benzene rings is 3. The Hall–Kier alpha value is -3.29. The highest BCUT2D eigenvalue weighted by Crippen LogP contribution is 2.30. The number of carbonyl (C=O) groups excluding carboxylic acids is 1. The zero-order chi connectivity index (χ0) is 22.3. The maximum absolute atomic E-state index is 12.6. The number of nitrogens with zero attached hydrogens (tertiary/aromatic N) is 3. The number of aromatic nitrogens is 3. The van der Waals surface area contributed by atoms with E-state index < -0.39 is 0 Å². The predicted octanol–water partition coefficient (Wildman–Crippen LogP) is 6.14. The van der Waals surface area contributed by atoms with E-state index in [2.05, 4.69) is 15.5 Å². The van der Waals surface area contributed by atoms with Crippen molar-refractivity contribution in [3.8, 4) is 22.9 Å². The van der Waals surface area contributed by atoms with Crippen LogP contribution in [0.4, 0.5) is 5.69 Å². The molecule has 0 saturated heterocycles. The molecular formula is C24H21ClN4O2S. The van der Waals surface area contributed by atoms with E-state index in [1.807, 2.05) is 90.4 Å². The number of hydrogen-bond donors (Lipinski definition) is 1. The van der Waals surface area contributed by atoms with Crippen LogP contribution in [0.3, 0.4) is 0 Å². The molecule has 0 atom stereocenters. The monoisotopic (exact) mass is 464 g/mol. The Kier molecular flexibility index (Phi) is 7.09. The van der Waals surface area contributed by atoms with Crippen molar-refractivity contribution in [3.05, 3.63) is 83.9 Å². The molecule has 0 aliphatic carbocycles. The third-order valence-electron chi connectivity index (χ3n) is 4.60. The molecule has 0 spiro atoms. The zero-order valence-electron chi connectivity index (χ0n) is 17.4. The highest BCUT2D eigenvalue weighted by Gasteiger charge is 2.15. The number of carbonyl (C=O) groups is 1. The highest BCUT2D eigenvalue weighted by atomic mass is 35.5. The summed E-state index contributed by atoms with van der Waals surface area (Å²) < 4.78 is 7.89. The van der Waals surface area contributed by atoms with Crippen LogP contribution in [-0.2, 0) is 11.3 Å². The van der Waals surface area contributed by atoms with E-state index in [1.165, 1.54) is 11.8 Å². The van der Waals surface area contributed by atoms with Crippen LogP contribution in [0, 0.1) is 0 Å². The van der Waals surface area contributed by atoms with Crippen LogP contribution in [0.5, 0.6) is 11.5 Å². The Balaban J connectivity index is 1.42. The van der Waals surface area contributed by atoms with Gasteiger partial charge in [-0.1, -0.05) is 53.7 Å². The molecule has 1 amide bonds. The third kappa shape index (κ3) is 5.30. The van der Waals surface area contributed by atoms with Crippen LogP contribution in [0.2, 0.25) is 5.02 Å². The van der Waals surface area contributed by atoms with E-state index in [-0.39, 0.29) is 11.7 Å². The van der Waals surface area contributed by atoms with E-state index in [9.17, 15) is 4.79 Å². The summed E-state index contributed by atoms with van der Waals surface area (Å²) in [5, 5.41) is 12.9. The second-order valence-corrected chi connectivity index (χ2v) is 8.18. The van der Waals surface area contributed by atoms with E-state index in [0.29, 0.717) is 33.9 Å². The molecule has 162 valence electrons. The molecule has 1 heterocycles. The van der Waals surface area contributed by atoms with E-state index in [1.54, 1.807) is 0 Å². The maximum Gasteiger partial charge on any atom is 0.234 e. The topological polar surface area (TPSA) is 69.0 Å². The van der Waals surface area contributed by atoms with Crippen molar-refractivity contribution in [2.24, 2.45) is 0 Å². The van der Waals surface area contributed by atoms with Gasteiger partial charge in [0.15, 0.2) is 16.7 Å². The van der Waals surface area contributed by atoms with Gasteiger partial charge in [-0.25, -0.2) is 0 Å². The van der Waals surface area contributed by atoms with Crippen molar-refractivity contribution in [1.29, 1.82) is 0 Å². The van der Waals surface area contributed by atoms with Crippen molar-refractivity contribution in [2.75, 3.05) is 11.1 Å². The molecule has 32 heavy (non-hydrogen) atoms. The van der Waals surface area contributed by atoms with Gasteiger partial charge in [0.2, 0.25) is 5.91 Å². The Labute approximate surface area is 195 Å². The number of thioether (sulfide) groups is 1. The molecule has 3 aromatic carbocycles. The van der Waals surface area contributed by atoms with Gasteiger partial charge in [0.25, 0.3) is 0 Å². The molecule has 0 bridgehead atoms. The van der Waals surface area contributed by atoms with Gasteiger partial charge in [-0.05, 0) is 55.5 Å². The largest absolute Gasteiger partial charge is 0.455 e. The third-order valence-corrected chi connectivity index (χ3v) is 5.82. The average molecular weight is 465 g/mol. The first kappa shape index (κ1) is 21.9. The molecule has 0 fully saturated rings. The first-order valence-electron chi connectivity index (χ1n) is 10.1. The summed E-state index contributed by atoms with van der Waals surface area (Å²) in [6.07, 6.45) is 0. The van der Waals surface area contributed by atoms with E-state index in [0.717, 1.165) is 11.4 Å². The number of halogens is 1. The van der Waals surface area contributed by atoms with Crippen molar-refractivity contribution in [1.82, 2.24) is 14.8 Å². The number of rotatable bonds is 8. The summed E-state index contributed by atoms with van der Waals surface area (Å²) in [6, 6.07) is 24.3. The van der Waals surface area contributed by atoms with Crippen LogP contribution in [0.1, 0.15) is 6.92 Å². The zero-order valence-corrected chi connectivity index (χ0v) is 18.9. The standard InChI is InChI=1S/C24H21ClN4O2S/c1-2-29-23(17-12-14-18(25)15-13-17)27-28-24(29)32-16-22(30)26-20-10-6-7-11-21(20)31-19-8-4-3-5-9-19/h3-15H,2,16H2,1H3,(H,26,30). The second kappa shape index (κ2) is 10.3. The summed E-state index contributed by atoms with van der Waals surface area (Å²) in [4.78, 5) is 12.6. The van der Waals surface area contributed by atoms with Crippen molar-refractivity contribution in [2.45, 2.75) is 18.6 Å². The lowest BCUT2D eigenvalue weighted by atomic mass is 10.2. The number of amides is 1. The summed E-state index contributed by atoms with van der Waals surface area (Å²) in [6.45, 7) is 2.70. The minimum Gasteiger partial charge on any atom is -0.455 e. The molecule has 0 radical (unpaired) electrons. The number of nitrogens with one attached hydrogen (secondary N) is 1. The summed E-state index contributed by atoms with van der Waals surface area (Å²) in [5.41, 5.74) is 1.54. The SMILES string of the molecule is CCn1c(SCC(=O)Nc2ccccc2Oc2ccccc2)nnc1-c1ccc(Cl)cc1. The molecule has 1 aromatic heterocycles. The van der Waals surface area contributed by atoms with Crippen molar-refractivity contribution in [3.63, 3.8) is 0 Å². The maximum atomic E-state index is 12.6. The van der Waals surface area contributed by atoms with Gasteiger partial charge >= 0.3 is 0 Å². The molecule has 6 nitrogen and oxygen atoms in total. The molecule has 0 aliphatic heterocycles. The van der Waals surface area contributed by atoms with Crippen LogP contribution in [0.25, 0.3) is 11.4 Å². The minimum absolute atomic E-state index is 0.155. The van der Waals surface area contributed by atoms with Gasteiger partial charge in [0.1, 0.15) is 5.75 Å². The van der Waals surface area contributed by atoms with Crippen LogP contribution in [-0.4, -0.2) is 26.4 Å². The molecular weight excluding hydrogens is 444 g/mol. The molecule has 8 heteroatoms. The van der Waals surface area contributed by atoms with Gasteiger partial charge in [0, 0.05) is 17.1 Å². The van der Waals surface area contributed by atoms with Crippen molar-refractivity contribution >= 4 is 35.0 Å². The van der Waals surface area contributed by atoms with Gasteiger partial charge in [-0.15, -0.1) is 10.2 Å². The van der Waals surface area contributed by atoms with Crippen LogP contribution >= 0.6 is 23.4 Å². The fourth-order valence-corrected chi connectivity index (χ4v) is 4.01. The van der Waals surface area contributed by atoms with Gasteiger partial charge in [0.05, 0.1) is 11.4 Å². The molecule has 1 N–H and O–H groups in total. The van der Waals surface area contributed by atoms with Gasteiger partial charge < -0.3 is 14.6 Å². The first-order valence-corrected chi connectivity index (χ1v) is 11.4. The second-order valence-electron chi connectivity index (χ2n) is 6.81. The van der Waals surface area contributed by atoms with E-state index in [4.69, 9.17) is 16.3 Å². The number of ether oxygens (including phenoxy) is 1. The fraction of sp³-hybridized carbons (Fsp3) is 0.125. The van der Waals surface area contributed by atoms with Crippen LogP contribution in [0.15, 0.2) is 84.0 Å². The Morgan fingerprint density at radius 3 is 2.47 bits per heavy atom. The fourth-order valence-electron chi connectivity index (χ4n) is 3.08. The lowest BCUT2D eigenvalue weighted by molar-refractivity contribution is -0.113. The molecule has 0 aliphatic rings. The van der Waals surface area contributed by atoms with E-state index >= 15 is 0 Å². The normalized spacial score (nSPS) is 10.7. The summed E-state index contributed by atoms with van der Waals surface area (Å²) >= 11 is 7.32. The Bertz CT molecular complexity index is 1200. The quantitative estimate of drug-likeness (QED) is 0.317. The molecule has 0 unspecified atom stereocenters. The Morgan fingerprint density at radius 1 is 1.00 bits per heavy atom. The van der Waals surface area contributed by atoms with Crippen LogP contribution < -0.4 is 10.1 Å². The molecule has 4 aromatic rings. The predicted molar refractivity (Wildman–Crippen MR) is 128 cm³/mol. The number of anilines is 1. The number of hydrogen-bond acceptors (Lipinski definition) is 5. The minimum atomic E-state index is -0.155. The molecule has 0 saturated carbocycles. The molecule has 4 rings (SSSR count). The summed E-state index contributed by atoms with van der Waals surface area (Å²) in [5.74, 6) is 2.07. The lowest BCUT2D eigenvalue weighted by Crippen LogP contribution is -2.15. The number of para-hydroxylation sites is 3. The van der Waals surface area contributed by atoms with Gasteiger partial charge in [-0.2, -0.15) is 0 Å². The van der Waals surface area contributed by atoms with Crippen molar-refractivity contribution < 1.29 is 9.53 Å². The Morgan fingerprint density at radius 2 is 1.72 bits per heavy atom.